The van der Waals surface area contributed by atoms with Crippen LogP contribution in [0.15, 0.2) is 71.9 Å². The minimum atomic E-state index is -1.90. The maximum absolute atomic E-state index is 14.4. The van der Waals surface area contributed by atoms with Crippen LogP contribution in [0.4, 0.5) is 21.0 Å². The van der Waals surface area contributed by atoms with Crippen LogP contribution in [0.3, 0.4) is 0 Å². The van der Waals surface area contributed by atoms with Crippen molar-refractivity contribution in [2.24, 2.45) is 11.8 Å². The Kier molecular flexibility index (Phi) is 40.5. The molecule has 4 N–H and O–H groups in total. The molecule has 39 nitrogen and oxygen atoms in total. The van der Waals surface area contributed by atoms with Gasteiger partial charge in [0.15, 0.2) is 11.4 Å². The number of rotatable bonds is 36. The molecule has 6 fully saturated rings. The number of ether oxygens (including phenoxy) is 14. The summed E-state index contributed by atoms with van der Waals surface area (Å²) < 4.78 is 80.2. The second-order valence-corrected chi connectivity index (χ2v) is 37.6. The van der Waals surface area contributed by atoms with Crippen molar-refractivity contribution >= 4 is 142 Å². The van der Waals surface area contributed by atoms with Crippen LogP contribution in [0, 0.1) is 11.8 Å². The van der Waals surface area contributed by atoms with Crippen LogP contribution in [0.25, 0.3) is 0 Å². The minimum absolute atomic E-state index is 0.0167. The molecule has 8 aliphatic heterocycles. The van der Waals surface area contributed by atoms with Gasteiger partial charge in [-0.25, -0.2) is 24.0 Å². The molecule has 8 aliphatic rings. The van der Waals surface area contributed by atoms with Crippen molar-refractivity contribution in [3.05, 3.63) is 93.0 Å². The zero-order valence-electron chi connectivity index (χ0n) is 79.7. The number of amides is 10. The number of hydrogen-bond acceptors (Lipinski definition) is 33. The van der Waals surface area contributed by atoms with E-state index in [1.807, 2.05) is 26.0 Å². The predicted octanol–water partition coefficient (Wildman–Crippen LogP) is 7.40. The number of allylic oxidation sites excluding steroid dienone is 6. The molecular weight excluding hydrogens is 1860 g/mol. The minimum Gasteiger partial charge on any atom is -0.495 e. The van der Waals surface area contributed by atoms with Crippen LogP contribution in [0.1, 0.15) is 150 Å². The Hall–Kier alpha value is -9.34. The number of benzene rings is 2. The van der Waals surface area contributed by atoms with Crippen molar-refractivity contribution in [1.82, 2.24) is 30.4 Å². The number of nitrogens with one attached hydrogen (secondary N) is 2. The number of methoxy groups -OCH3 is 4. The molecule has 2 aromatic rings. The summed E-state index contributed by atoms with van der Waals surface area (Å²) in [6, 6.07) is 4.94. The highest BCUT2D eigenvalue weighted by atomic mass is 35.5. The molecule has 2 aromatic carbocycles. The number of nitrogens with zero attached hydrogens (tertiary/aromatic N) is 6. The molecule has 752 valence electrons. The van der Waals surface area contributed by atoms with Crippen molar-refractivity contribution in [2.45, 2.75) is 241 Å². The van der Waals surface area contributed by atoms with Crippen LogP contribution in [0.5, 0.6) is 11.5 Å². The number of epoxide rings is 2. The highest BCUT2D eigenvalue weighted by Crippen LogP contribution is 2.52. The average molecular weight is 1990 g/mol. The summed E-state index contributed by atoms with van der Waals surface area (Å²) in [4.78, 5) is 193. The van der Waals surface area contributed by atoms with Crippen molar-refractivity contribution < 1.29 is 148 Å². The van der Waals surface area contributed by atoms with E-state index >= 15 is 0 Å². The number of thiol groups is 1. The molecule has 0 aliphatic carbocycles. The van der Waals surface area contributed by atoms with Crippen molar-refractivity contribution in [1.29, 1.82) is 0 Å². The smallest absolute Gasteiger partial charge is 0.409 e. The van der Waals surface area contributed by atoms with Gasteiger partial charge in [0.05, 0.1) is 109 Å². The number of aliphatic hydroxyl groups is 2. The standard InChI is InChI=1S/C58H80ClN5O21S.C35H48ClN3O10S/c1-35-11-9-13-44(77-8)58(75)34-42(82-56(74)60-58)36(2)53-57(4,84-53)45(33-49(69)62(6)40-30-38(29-35)31-41(76-7)52(40)59)83-55(73)37(3)61(5)46(66)18-28-86-43-32-50(70)63(54(43)72)19-16-39(65)12-10-20-78-22-24-80-26-27-81-25-23-79-21-17-51(71)85-64-47(67)14-15-48(64)68;1-19-10-9-11-26(46-8)35(44)18-25(47-33(43)37-35)20(2)31-34(4,49-31)27(48-32(42)21(3)38(5)28(40)12-13-50)17-29(41)39(6)23-15-22(14-19)16-24(45-7)30(23)36/h9,11,13,30-31,36-37,42-45,53,75H,10,12,14-29,32-34H2,1-8H3,(H,60,74);9-11,15-16,20-21,25-27,31,44,50H,12-14,17-18H2,1-8H3,(H,37,43)/b13-9+,35-11+;11-9+,19-10+/t36-,37-,42+,43?,44-,45+,53+,57+,58+;20-,21-,25+,26-,27+,31+,34+,35+/m11/s1. The number of carbonyl (C=O) groups is 14. The van der Waals surface area contributed by atoms with Gasteiger partial charge in [-0.3, -0.25) is 58.7 Å². The number of fused-ring (bicyclic) bond motifs is 10. The molecule has 136 heavy (non-hydrogen) atoms. The largest absolute Gasteiger partial charge is 0.495 e. The fraction of sp³-hybridized carbons (Fsp3) is 0.634. The third kappa shape index (κ3) is 28.7. The Bertz CT molecular complexity index is 4800. The molecule has 17 atom stereocenters. The Morgan fingerprint density at radius 1 is 0.581 bits per heavy atom. The molecule has 8 heterocycles. The predicted molar refractivity (Wildman–Crippen MR) is 497 cm³/mol. The lowest BCUT2D eigenvalue weighted by atomic mass is 9.83. The van der Waals surface area contributed by atoms with E-state index in [1.165, 1.54) is 83.0 Å². The van der Waals surface area contributed by atoms with Gasteiger partial charge in [-0.05, 0) is 102 Å². The molecule has 0 radical (unpaired) electrons. The zero-order chi connectivity index (χ0) is 100. The molecule has 10 amide bonds. The summed E-state index contributed by atoms with van der Waals surface area (Å²) >= 11 is 18.8. The van der Waals surface area contributed by atoms with Gasteiger partial charge in [0, 0.05) is 131 Å². The summed E-state index contributed by atoms with van der Waals surface area (Å²) in [5.74, 6) is -6.16. The fourth-order valence-electron chi connectivity index (χ4n) is 16.6. The Morgan fingerprint density at radius 3 is 1.43 bits per heavy atom. The summed E-state index contributed by atoms with van der Waals surface area (Å²) in [6.07, 6.45) is 1.58. The number of ketones is 1. The Balaban J connectivity index is 0.000000351. The summed E-state index contributed by atoms with van der Waals surface area (Å²) in [5.41, 5.74) is -2.17. The second-order valence-electron chi connectivity index (χ2n) is 35.1. The zero-order valence-corrected chi connectivity index (χ0v) is 82.9. The molecule has 10 rings (SSSR count). The van der Waals surface area contributed by atoms with Crippen LogP contribution >= 0.6 is 47.6 Å². The lowest BCUT2D eigenvalue weighted by molar-refractivity contribution is -0.198. The number of likely N-dealkylation sites (tertiary alicyclic amines) is 1. The maximum Gasteiger partial charge on any atom is 0.409 e. The maximum atomic E-state index is 14.4. The molecule has 1 unspecified atom stereocenters. The van der Waals surface area contributed by atoms with E-state index in [4.69, 9.17) is 94.4 Å². The van der Waals surface area contributed by atoms with E-state index in [0.29, 0.717) is 79.4 Å². The third-order valence-corrected chi connectivity index (χ3v) is 27.5. The lowest BCUT2D eigenvalue weighted by Crippen LogP contribution is -2.63. The molecule has 43 heteroatoms. The highest BCUT2D eigenvalue weighted by molar-refractivity contribution is 8.00. The topological polar surface area (TPSA) is 468 Å². The molecule has 0 spiro atoms. The van der Waals surface area contributed by atoms with E-state index in [0.717, 1.165) is 38.9 Å². The number of Topliss-reactive ketones (excluding diaryl/α,β-unsaturated/α-hetero) is 1. The van der Waals surface area contributed by atoms with E-state index in [2.05, 4.69) is 23.3 Å². The lowest BCUT2D eigenvalue weighted by Gasteiger charge is -2.42. The van der Waals surface area contributed by atoms with Gasteiger partial charge in [-0.1, -0.05) is 84.7 Å². The van der Waals surface area contributed by atoms with Gasteiger partial charge in [-0.15, -0.1) is 16.8 Å². The number of thioether (sulfide) groups is 1. The quantitative estimate of drug-likeness (QED) is 0.0111. The van der Waals surface area contributed by atoms with Gasteiger partial charge in [-0.2, -0.15) is 12.6 Å². The van der Waals surface area contributed by atoms with Crippen LogP contribution < -0.4 is 29.9 Å². The first-order chi connectivity index (χ1) is 64.4. The SMILES string of the molecule is COc1cc2cc(c1Cl)N(C)C(=O)C[C@H](OC(=O)[C@@H](C)N(C)C(=O)CCS)[C@]1(C)O[C@H]1[C@H](C)[C@@H]1C[C@@](O)(NC(=O)O1)[C@H](OC)/C=C/C=C(\C)C2.COc1cc2cc(c1Cl)N(C)C(=O)C[C@H](OC(=O)[C@@H](C)N(C)C(=O)CCSC1CC(=O)N(CCC(=O)CCCOCCOCCOCCOCCC(=O)ON3C(=O)CCC3=O)C1=O)[C@]1(C)O[C@H]1[C@H](C)[C@@H]1C[C@@](O)(NC(=O)O1)[C@H](OC)/C=C/C=C(\C)C2. The van der Waals surface area contributed by atoms with E-state index in [-0.39, 0.29) is 131 Å². The molecule has 8 bridgehead atoms. The Labute approximate surface area is 810 Å². The van der Waals surface area contributed by atoms with Crippen LogP contribution in [0.2, 0.25) is 10.0 Å². The van der Waals surface area contributed by atoms with Gasteiger partial charge < -0.3 is 101 Å². The number of anilines is 2. The van der Waals surface area contributed by atoms with Gasteiger partial charge >= 0.3 is 30.1 Å². The molecule has 0 aromatic heterocycles. The summed E-state index contributed by atoms with van der Waals surface area (Å²) in [6.45, 7) is 15.6. The van der Waals surface area contributed by atoms with E-state index < -0.39 is 179 Å². The first kappa shape index (κ1) is 110. The number of halogens is 2. The monoisotopic (exact) mass is 1990 g/mol. The van der Waals surface area contributed by atoms with Crippen LogP contribution in [-0.4, -0.2) is 329 Å². The van der Waals surface area contributed by atoms with Gasteiger partial charge in [0.25, 0.3) is 11.8 Å². The molecule has 6 saturated heterocycles. The number of hydrogen-bond donors (Lipinski definition) is 5. The molecule has 0 saturated carbocycles. The van der Waals surface area contributed by atoms with E-state index in [9.17, 15) is 77.3 Å². The first-order valence-electron chi connectivity index (χ1n) is 45.1. The molecular formula is C93H128Cl2N8O31S2. The normalized spacial score (nSPS) is 28.7. The van der Waals surface area contributed by atoms with E-state index in [1.54, 1.807) is 83.3 Å². The van der Waals surface area contributed by atoms with Crippen molar-refractivity contribution in [3.63, 3.8) is 0 Å². The number of likely N-dealkylation sites (N-methyl/N-ethyl adjacent to an activating group) is 2. The van der Waals surface area contributed by atoms with Gasteiger partial charge in [0.2, 0.25) is 35.4 Å². The number of esters is 2. The number of imide groups is 2. The van der Waals surface area contributed by atoms with Crippen LogP contribution in [-0.2, 0) is 132 Å². The number of carbonyl (C=O) groups excluding carboxylic acids is 14. The van der Waals surface area contributed by atoms with Gasteiger partial charge in [0.1, 0.15) is 87.2 Å². The highest BCUT2D eigenvalue weighted by Gasteiger charge is 2.67. The summed E-state index contributed by atoms with van der Waals surface area (Å²) in [7, 11) is 11.8. The first-order valence-corrected chi connectivity index (χ1v) is 47.5. The number of alkyl carbamates (subject to hydrolysis) is 2. The van der Waals surface area contributed by atoms with Crippen molar-refractivity contribution in [3.8, 4) is 11.5 Å². The van der Waals surface area contributed by atoms with Crippen molar-refractivity contribution in [2.75, 3.05) is 137 Å². The average Bonchev–Trinajstić information content (AvgIpc) is 1.57. The number of hydroxylamine groups is 2. The second kappa shape index (κ2) is 50.0. The third-order valence-electron chi connectivity index (χ3n) is 25.3. The fourth-order valence-corrected chi connectivity index (χ4v) is 18.6. The summed E-state index contributed by atoms with van der Waals surface area (Å²) in [5, 5.41) is 28.7. The Morgan fingerprint density at radius 2 is 1.01 bits per heavy atom.